The van der Waals surface area contributed by atoms with E-state index < -0.39 is 57.6 Å². The molecule has 0 bridgehead atoms. The highest BCUT2D eigenvalue weighted by molar-refractivity contribution is 7.47. The number of rotatable bonds is 25. The molecule has 0 saturated heterocycles. The van der Waals surface area contributed by atoms with E-state index in [4.69, 9.17) is 4.74 Å². The van der Waals surface area contributed by atoms with Gasteiger partial charge in [0.05, 0.1) is 13.2 Å². The first-order chi connectivity index (χ1) is 17.6. The molecule has 0 aromatic rings. The molecule has 0 radical (unpaired) electrons. The third kappa shape index (κ3) is 22.2. The van der Waals surface area contributed by atoms with Crippen LogP contribution in [0.4, 0.5) is 0 Å². The number of aliphatic hydroxyl groups is 1. The van der Waals surface area contributed by atoms with Crippen LogP contribution in [0.5, 0.6) is 0 Å². The van der Waals surface area contributed by atoms with Gasteiger partial charge in [-0.2, -0.15) is 0 Å². The molecule has 0 aliphatic heterocycles. The lowest BCUT2D eigenvalue weighted by molar-refractivity contribution is -0.147. The van der Waals surface area contributed by atoms with Crippen molar-refractivity contribution in [2.75, 3.05) is 19.8 Å². The highest BCUT2D eigenvalue weighted by Gasteiger charge is 2.28. The number of phosphoric ester groups is 1. The zero-order valence-corrected chi connectivity index (χ0v) is 23.4. The number of carbonyl (C=O) groups is 3. The smallest absolute Gasteiger partial charge is 0.472 e. The maximum absolute atomic E-state index is 12.1. The summed E-state index contributed by atoms with van der Waals surface area (Å²) in [4.78, 5) is 44.5. The Labute approximate surface area is 221 Å². The molecule has 0 aliphatic rings. The lowest BCUT2D eigenvalue weighted by Gasteiger charge is -2.18. The molecule has 1 amide bonds. The van der Waals surface area contributed by atoms with Gasteiger partial charge >= 0.3 is 19.8 Å². The van der Waals surface area contributed by atoms with Gasteiger partial charge in [-0.1, -0.05) is 84.5 Å². The summed E-state index contributed by atoms with van der Waals surface area (Å²) in [7, 11) is -4.71. The number of esters is 1. The van der Waals surface area contributed by atoms with Crippen molar-refractivity contribution in [1.29, 1.82) is 0 Å². The van der Waals surface area contributed by atoms with Crippen LogP contribution in [0, 0.1) is 0 Å². The molecule has 3 unspecified atom stereocenters. The van der Waals surface area contributed by atoms with Gasteiger partial charge in [0.1, 0.15) is 12.7 Å². The Morgan fingerprint density at radius 3 is 1.78 bits per heavy atom. The van der Waals surface area contributed by atoms with Crippen LogP contribution >= 0.6 is 7.82 Å². The van der Waals surface area contributed by atoms with Crippen molar-refractivity contribution in [2.24, 2.45) is 0 Å². The summed E-state index contributed by atoms with van der Waals surface area (Å²) in [6.45, 7) is 2.10. The zero-order chi connectivity index (χ0) is 27.9. The predicted molar refractivity (Wildman–Crippen MR) is 139 cm³/mol. The number of aliphatic hydroxyl groups excluding tert-OH is 1. The standard InChI is InChI=1S/C25H48NO10P/c1-3-5-6-7-8-9-10-11-12-13-14-15-17-23(28)26-22(25(30)31)20-36-37(32,33)35-19-21(27)18-34-24(29)16-4-2/h21-22,27H,3-20H2,1-2H3,(H,26,28)(H,30,31)(H,32,33). The summed E-state index contributed by atoms with van der Waals surface area (Å²) in [5.74, 6) is -2.43. The zero-order valence-electron chi connectivity index (χ0n) is 22.5. The van der Waals surface area contributed by atoms with E-state index in [1.54, 1.807) is 6.92 Å². The third-order valence-electron chi connectivity index (χ3n) is 5.62. The summed E-state index contributed by atoms with van der Waals surface area (Å²) in [5, 5.41) is 21.2. The van der Waals surface area contributed by atoms with Gasteiger partial charge < -0.3 is 25.2 Å². The first-order valence-electron chi connectivity index (χ1n) is 13.6. The normalized spacial score (nSPS) is 14.5. The number of ether oxygens (including phenoxy) is 1. The lowest BCUT2D eigenvalue weighted by Crippen LogP contribution is -2.43. The van der Waals surface area contributed by atoms with Crippen molar-refractivity contribution in [3.63, 3.8) is 0 Å². The van der Waals surface area contributed by atoms with Crippen LogP contribution in [0.25, 0.3) is 0 Å². The van der Waals surface area contributed by atoms with E-state index in [-0.39, 0.29) is 12.8 Å². The van der Waals surface area contributed by atoms with Crippen LogP contribution in [-0.2, 0) is 32.7 Å². The van der Waals surface area contributed by atoms with Crippen LogP contribution in [0.15, 0.2) is 0 Å². The van der Waals surface area contributed by atoms with Crippen LogP contribution in [0.2, 0.25) is 0 Å². The second-order valence-electron chi connectivity index (χ2n) is 9.24. The Bertz CT molecular complexity index is 676. The monoisotopic (exact) mass is 553 g/mol. The minimum atomic E-state index is -4.71. The number of carboxylic acids is 1. The Morgan fingerprint density at radius 1 is 0.757 bits per heavy atom. The Balaban J connectivity index is 4.05. The molecule has 4 N–H and O–H groups in total. The van der Waals surface area contributed by atoms with Crippen LogP contribution in [-0.4, -0.2) is 64.9 Å². The average molecular weight is 554 g/mol. The van der Waals surface area contributed by atoms with Crippen molar-refractivity contribution >= 4 is 25.7 Å². The number of amides is 1. The van der Waals surface area contributed by atoms with E-state index >= 15 is 0 Å². The number of nitrogens with one attached hydrogen (secondary N) is 1. The van der Waals surface area contributed by atoms with E-state index in [9.17, 15) is 34.1 Å². The van der Waals surface area contributed by atoms with Crippen molar-refractivity contribution in [3.8, 4) is 0 Å². The van der Waals surface area contributed by atoms with Crippen molar-refractivity contribution in [3.05, 3.63) is 0 Å². The van der Waals surface area contributed by atoms with Gasteiger partial charge in [0.2, 0.25) is 5.91 Å². The minimum Gasteiger partial charge on any atom is -0.480 e. The molecule has 0 fully saturated rings. The number of carbonyl (C=O) groups excluding carboxylic acids is 2. The molecule has 0 aliphatic carbocycles. The molecule has 3 atom stereocenters. The molecule has 0 spiro atoms. The number of aliphatic carboxylic acids is 1. The Hall–Kier alpha value is -1.52. The van der Waals surface area contributed by atoms with Gasteiger partial charge in [-0.25, -0.2) is 9.36 Å². The Morgan fingerprint density at radius 2 is 1.27 bits per heavy atom. The maximum Gasteiger partial charge on any atom is 0.472 e. The van der Waals surface area contributed by atoms with E-state index in [1.807, 2.05) is 0 Å². The summed E-state index contributed by atoms with van der Waals surface area (Å²) in [6, 6.07) is -1.53. The second-order valence-corrected chi connectivity index (χ2v) is 10.7. The van der Waals surface area contributed by atoms with Gasteiger partial charge in [-0.05, 0) is 12.8 Å². The van der Waals surface area contributed by atoms with E-state index in [0.29, 0.717) is 12.8 Å². The van der Waals surface area contributed by atoms with E-state index in [2.05, 4.69) is 21.3 Å². The van der Waals surface area contributed by atoms with E-state index in [1.165, 1.54) is 51.4 Å². The molecule has 0 rings (SSSR count). The molecule has 0 aromatic carbocycles. The fourth-order valence-corrected chi connectivity index (χ4v) is 4.24. The van der Waals surface area contributed by atoms with Crippen LogP contribution in [0.1, 0.15) is 110 Å². The van der Waals surface area contributed by atoms with Gasteiger partial charge in [0, 0.05) is 12.8 Å². The number of hydrogen-bond donors (Lipinski definition) is 4. The van der Waals surface area contributed by atoms with Gasteiger partial charge in [0.25, 0.3) is 0 Å². The summed E-state index contributed by atoms with van der Waals surface area (Å²) in [6.07, 6.45) is 13.4. The quantitative estimate of drug-likeness (QED) is 0.0718. The summed E-state index contributed by atoms with van der Waals surface area (Å²) >= 11 is 0. The summed E-state index contributed by atoms with van der Waals surface area (Å²) < 4.78 is 26.0. The molecule has 0 heterocycles. The molecule has 218 valence electrons. The summed E-state index contributed by atoms with van der Waals surface area (Å²) in [5.41, 5.74) is 0. The van der Waals surface area contributed by atoms with Gasteiger partial charge in [-0.3, -0.25) is 18.6 Å². The molecule has 37 heavy (non-hydrogen) atoms. The number of carboxylic acid groups (broad SMARTS) is 1. The average Bonchev–Trinajstić information content (AvgIpc) is 2.84. The number of phosphoric acid groups is 1. The van der Waals surface area contributed by atoms with Crippen molar-refractivity contribution < 1.29 is 47.8 Å². The molecule has 11 nitrogen and oxygen atoms in total. The predicted octanol–water partition coefficient (Wildman–Crippen LogP) is 4.48. The fourth-order valence-electron chi connectivity index (χ4n) is 3.47. The SMILES string of the molecule is CCCCCCCCCCCCCCC(=O)NC(COP(=O)(O)OCC(O)COC(=O)CCC)C(=O)O. The second kappa shape index (κ2) is 22.5. The number of hydrogen-bond acceptors (Lipinski definition) is 8. The minimum absolute atomic E-state index is 0.150. The van der Waals surface area contributed by atoms with Crippen LogP contribution in [0.3, 0.4) is 0 Å². The van der Waals surface area contributed by atoms with Crippen LogP contribution < -0.4 is 5.32 Å². The lowest BCUT2D eigenvalue weighted by atomic mass is 10.0. The largest absolute Gasteiger partial charge is 0.480 e. The topological polar surface area (TPSA) is 169 Å². The molecule has 0 saturated carbocycles. The molecule has 12 heteroatoms. The highest BCUT2D eigenvalue weighted by Crippen LogP contribution is 2.43. The first-order valence-corrected chi connectivity index (χ1v) is 15.1. The highest BCUT2D eigenvalue weighted by atomic mass is 31.2. The Kier molecular flexibility index (Phi) is 21.5. The maximum atomic E-state index is 12.1. The fraction of sp³-hybridized carbons (Fsp3) is 0.880. The van der Waals surface area contributed by atoms with Gasteiger partial charge in [0.15, 0.2) is 6.04 Å². The first kappa shape index (κ1) is 35.5. The third-order valence-corrected chi connectivity index (χ3v) is 6.57. The van der Waals surface area contributed by atoms with E-state index in [0.717, 1.165) is 19.3 Å². The van der Waals surface area contributed by atoms with Gasteiger partial charge in [-0.15, -0.1) is 0 Å². The number of unbranched alkanes of at least 4 members (excludes halogenated alkanes) is 11. The van der Waals surface area contributed by atoms with Crippen molar-refractivity contribution in [2.45, 2.75) is 122 Å². The van der Waals surface area contributed by atoms with Crippen molar-refractivity contribution in [1.82, 2.24) is 5.32 Å². The molecule has 0 aromatic heterocycles. The molecular weight excluding hydrogens is 505 g/mol. The molecular formula is C25H48NO10P.